The van der Waals surface area contributed by atoms with Crippen LogP contribution in [0.3, 0.4) is 0 Å². The second kappa shape index (κ2) is 7.98. The van der Waals surface area contributed by atoms with Gasteiger partial charge in [0, 0.05) is 23.8 Å². The number of carbonyl (C=O) groups excluding carboxylic acids is 2. The molecule has 1 aliphatic heterocycles. The highest BCUT2D eigenvalue weighted by Gasteiger charge is 2.36. The molecule has 2 aromatic carbocycles. The number of imide groups is 1. The van der Waals surface area contributed by atoms with Gasteiger partial charge in [-0.2, -0.15) is 0 Å². The fourth-order valence-electron chi connectivity index (χ4n) is 2.78. The third-order valence-corrected chi connectivity index (χ3v) is 5.83. The fraction of sp³-hybridized carbons (Fsp3) is 0. The summed E-state index contributed by atoms with van der Waals surface area (Å²) < 4.78 is 5.71. The van der Waals surface area contributed by atoms with Crippen LogP contribution < -0.4 is 4.90 Å². The number of hydrogen-bond donors (Lipinski definition) is 0. The Kier molecular flexibility index (Phi) is 5.38. The van der Waals surface area contributed by atoms with Gasteiger partial charge in [0.1, 0.15) is 11.5 Å². The van der Waals surface area contributed by atoms with E-state index in [2.05, 4.69) is 0 Å². The molecule has 1 saturated heterocycles. The SMILES string of the molecule is O=C1S/C(=C/c2ccc(-c3ccc([N+](=O)[O-])cc3)o2)C(=O)N1c1ccc(Cl)c(Cl)c1. The van der Waals surface area contributed by atoms with Crippen molar-refractivity contribution in [3.05, 3.63) is 85.4 Å². The average Bonchev–Trinajstić information content (AvgIpc) is 3.29. The maximum absolute atomic E-state index is 12.7. The van der Waals surface area contributed by atoms with Gasteiger partial charge in [-0.05, 0) is 54.2 Å². The summed E-state index contributed by atoms with van der Waals surface area (Å²) in [6.07, 6.45) is 1.47. The third-order valence-electron chi connectivity index (χ3n) is 4.22. The Morgan fingerprint density at radius 3 is 2.40 bits per heavy atom. The molecule has 0 aliphatic carbocycles. The maximum Gasteiger partial charge on any atom is 0.298 e. The van der Waals surface area contributed by atoms with E-state index >= 15 is 0 Å². The summed E-state index contributed by atoms with van der Waals surface area (Å²) in [7, 11) is 0. The van der Waals surface area contributed by atoms with Gasteiger partial charge in [-0.3, -0.25) is 19.7 Å². The van der Waals surface area contributed by atoms with E-state index in [0.29, 0.717) is 27.8 Å². The highest BCUT2D eigenvalue weighted by Crippen LogP contribution is 2.38. The highest BCUT2D eigenvalue weighted by molar-refractivity contribution is 8.19. The summed E-state index contributed by atoms with van der Waals surface area (Å²) in [5.74, 6) is 0.333. The zero-order valence-electron chi connectivity index (χ0n) is 14.9. The average molecular weight is 461 g/mol. The first-order valence-corrected chi connectivity index (χ1v) is 9.98. The molecule has 2 amide bonds. The third kappa shape index (κ3) is 3.85. The van der Waals surface area contributed by atoms with Crippen LogP contribution in [0.15, 0.2) is 63.9 Å². The minimum Gasteiger partial charge on any atom is -0.457 e. The highest BCUT2D eigenvalue weighted by atomic mass is 35.5. The summed E-state index contributed by atoms with van der Waals surface area (Å²) >= 11 is 12.7. The molecule has 10 heteroatoms. The summed E-state index contributed by atoms with van der Waals surface area (Å²) in [6, 6.07) is 13.7. The van der Waals surface area contributed by atoms with Crippen LogP contribution in [0, 0.1) is 10.1 Å². The van der Waals surface area contributed by atoms with Crippen molar-refractivity contribution in [1.82, 2.24) is 0 Å². The van der Waals surface area contributed by atoms with Crippen LogP contribution in [0.25, 0.3) is 17.4 Å². The summed E-state index contributed by atoms with van der Waals surface area (Å²) in [5, 5.41) is 10.8. The van der Waals surface area contributed by atoms with Crippen molar-refractivity contribution in [2.45, 2.75) is 0 Å². The van der Waals surface area contributed by atoms with E-state index < -0.39 is 16.1 Å². The minimum absolute atomic E-state index is 0.0264. The molecular weight excluding hydrogens is 451 g/mol. The van der Waals surface area contributed by atoms with Gasteiger partial charge in [-0.15, -0.1) is 0 Å². The van der Waals surface area contributed by atoms with E-state index in [0.717, 1.165) is 16.7 Å². The molecule has 0 saturated carbocycles. The molecule has 1 aliphatic rings. The van der Waals surface area contributed by atoms with E-state index in [1.165, 1.54) is 36.4 Å². The lowest BCUT2D eigenvalue weighted by Gasteiger charge is -2.12. The van der Waals surface area contributed by atoms with E-state index in [4.69, 9.17) is 27.6 Å². The molecule has 2 heterocycles. The van der Waals surface area contributed by atoms with Gasteiger partial charge in [0.2, 0.25) is 0 Å². The van der Waals surface area contributed by atoms with Crippen LogP contribution >= 0.6 is 35.0 Å². The molecule has 1 aromatic heterocycles. The van der Waals surface area contributed by atoms with Crippen molar-refractivity contribution < 1.29 is 18.9 Å². The molecule has 0 atom stereocenters. The number of rotatable bonds is 4. The number of nitrogens with zero attached hydrogens (tertiary/aromatic N) is 2. The van der Waals surface area contributed by atoms with Crippen molar-refractivity contribution in [3.8, 4) is 11.3 Å². The number of nitro benzene ring substituents is 1. The number of carbonyl (C=O) groups is 2. The van der Waals surface area contributed by atoms with Crippen molar-refractivity contribution in [1.29, 1.82) is 0 Å². The normalized spacial score (nSPS) is 15.3. The molecule has 4 rings (SSSR count). The molecule has 0 spiro atoms. The molecule has 0 radical (unpaired) electrons. The predicted molar refractivity (Wildman–Crippen MR) is 116 cm³/mol. The van der Waals surface area contributed by atoms with Crippen LogP contribution in [0.1, 0.15) is 5.76 Å². The van der Waals surface area contributed by atoms with E-state index in [1.54, 1.807) is 24.3 Å². The van der Waals surface area contributed by atoms with E-state index in [-0.39, 0.29) is 15.6 Å². The lowest BCUT2D eigenvalue weighted by atomic mass is 10.1. The Balaban J connectivity index is 1.58. The topological polar surface area (TPSA) is 93.7 Å². The first-order valence-electron chi connectivity index (χ1n) is 8.41. The molecular formula is C20H10Cl2N2O5S. The fourth-order valence-corrected chi connectivity index (χ4v) is 3.89. The molecule has 0 unspecified atom stereocenters. The first-order chi connectivity index (χ1) is 14.3. The lowest BCUT2D eigenvalue weighted by molar-refractivity contribution is -0.384. The number of non-ortho nitro benzene ring substituents is 1. The zero-order chi connectivity index (χ0) is 21.4. The molecule has 7 nitrogen and oxygen atoms in total. The number of thioether (sulfide) groups is 1. The standard InChI is InChI=1S/C20H10Cl2N2O5S/c21-15-7-5-13(9-16(15)22)23-19(25)18(30-20(23)26)10-14-6-8-17(29-14)11-1-3-12(4-2-11)24(27)28/h1-10H/b18-10+. The number of anilines is 1. The van der Waals surface area contributed by atoms with Crippen molar-refractivity contribution in [3.63, 3.8) is 0 Å². The Morgan fingerprint density at radius 1 is 1.00 bits per heavy atom. The summed E-state index contributed by atoms with van der Waals surface area (Å²) in [4.78, 5) is 36.6. The number of furan rings is 1. The number of hydrogen-bond acceptors (Lipinski definition) is 6. The smallest absolute Gasteiger partial charge is 0.298 e. The molecule has 3 aromatic rings. The van der Waals surface area contributed by atoms with Gasteiger partial charge < -0.3 is 4.42 Å². The van der Waals surface area contributed by atoms with Gasteiger partial charge in [0.25, 0.3) is 16.8 Å². The first kappa shape index (κ1) is 20.2. The van der Waals surface area contributed by atoms with E-state index in [9.17, 15) is 19.7 Å². The van der Waals surface area contributed by atoms with Gasteiger partial charge in [0.15, 0.2) is 0 Å². The summed E-state index contributed by atoms with van der Waals surface area (Å²) in [5.41, 5.74) is 0.937. The Bertz CT molecular complexity index is 1220. The van der Waals surface area contributed by atoms with Crippen molar-refractivity contribution in [2.24, 2.45) is 0 Å². The zero-order valence-corrected chi connectivity index (χ0v) is 17.2. The Morgan fingerprint density at radius 2 is 1.73 bits per heavy atom. The summed E-state index contributed by atoms with van der Waals surface area (Å²) in [6.45, 7) is 0. The Labute approximate surface area is 184 Å². The molecule has 1 fully saturated rings. The monoisotopic (exact) mass is 460 g/mol. The van der Waals surface area contributed by atoms with E-state index in [1.807, 2.05) is 0 Å². The van der Waals surface area contributed by atoms with Crippen LogP contribution in [-0.2, 0) is 4.79 Å². The van der Waals surface area contributed by atoms with Crippen LogP contribution in [0.4, 0.5) is 16.2 Å². The quantitative estimate of drug-likeness (QED) is 0.254. The minimum atomic E-state index is -0.503. The number of nitro groups is 1. The second-order valence-corrected chi connectivity index (χ2v) is 7.93. The van der Waals surface area contributed by atoms with Crippen molar-refractivity contribution >= 4 is 63.6 Å². The second-order valence-electron chi connectivity index (χ2n) is 6.12. The number of amides is 2. The largest absolute Gasteiger partial charge is 0.457 e. The van der Waals surface area contributed by atoms with Gasteiger partial charge in [0.05, 0.1) is 25.6 Å². The van der Waals surface area contributed by atoms with Crippen LogP contribution in [0.5, 0.6) is 0 Å². The molecule has 150 valence electrons. The van der Waals surface area contributed by atoms with Crippen molar-refractivity contribution in [2.75, 3.05) is 4.90 Å². The predicted octanol–water partition coefficient (Wildman–Crippen LogP) is 6.40. The number of halogens is 2. The van der Waals surface area contributed by atoms with Crippen LogP contribution in [0.2, 0.25) is 10.0 Å². The van der Waals surface area contributed by atoms with Crippen LogP contribution in [-0.4, -0.2) is 16.1 Å². The molecule has 0 N–H and O–H groups in total. The van der Waals surface area contributed by atoms with Gasteiger partial charge in [-0.1, -0.05) is 23.2 Å². The maximum atomic E-state index is 12.7. The van der Waals surface area contributed by atoms with Gasteiger partial charge >= 0.3 is 0 Å². The molecule has 0 bridgehead atoms. The van der Waals surface area contributed by atoms with Gasteiger partial charge in [-0.25, -0.2) is 4.90 Å². The Hall–Kier alpha value is -3.07. The molecule has 30 heavy (non-hydrogen) atoms. The lowest BCUT2D eigenvalue weighted by Crippen LogP contribution is -2.27. The number of benzene rings is 2.